The molecule has 2 amide bonds. The summed E-state index contributed by atoms with van der Waals surface area (Å²) in [5.74, 6) is 0.0115. The zero-order chi connectivity index (χ0) is 22.9. The van der Waals surface area contributed by atoms with Crippen LogP contribution in [0.3, 0.4) is 0 Å². The molecule has 7 heteroatoms. The van der Waals surface area contributed by atoms with Crippen molar-refractivity contribution in [2.24, 2.45) is 7.05 Å². The highest BCUT2D eigenvalue weighted by Gasteiger charge is 2.21. The van der Waals surface area contributed by atoms with Crippen molar-refractivity contribution in [2.45, 2.75) is 64.8 Å². The van der Waals surface area contributed by atoms with Gasteiger partial charge in [0.25, 0.3) is 0 Å². The fraction of sp³-hybridized carbons (Fsp3) is 0.750. The number of aryl methyl sites for hydroxylation is 1. The number of methoxy groups -OCH3 is 2. The molecule has 31 heavy (non-hydrogen) atoms. The summed E-state index contributed by atoms with van der Waals surface area (Å²) < 4.78 is 12.4. The van der Waals surface area contributed by atoms with Gasteiger partial charge in [-0.05, 0) is 25.0 Å². The van der Waals surface area contributed by atoms with Crippen LogP contribution < -0.4 is 0 Å². The Morgan fingerprint density at radius 1 is 0.903 bits per heavy atom. The molecule has 1 aromatic heterocycles. The molecule has 0 saturated carbocycles. The summed E-state index contributed by atoms with van der Waals surface area (Å²) in [5.41, 5.74) is 1.05. The molecule has 1 aromatic rings. The standard InChI is InChI=1S/C24H43N3O4/c1-5-6-7-8-9-10-14-23(28)26(16-12-18-30-3)21-24(29)27(17-19-31-4)20-22-13-11-15-25(22)2/h11,13,15H,5-10,12,14,16-21H2,1-4H3. The Bertz CT molecular complexity index is 618. The van der Waals surface area contributed by atoms with E-state index in [1.165, 1.54) is 25.7 Å². The highest BCUT2D eigenvalue weighted by Crippen LogP contribution is 2.11. The lowest BCUT2D eigenvalue weighted by molar-refractivity contribution is -0.141. The molecule has 0 unspecified atom stereocenters. The van der Waals surface area contributed by atoms with Crippen LogP contribution in [0.25, 0.3) is 0 Å². The lowest BCUT2D eigenvalue weighted by Crippen LogP contribution is -2.44. The third-order valence-electron chi connectivity index (χ3n) is 5.52. The topological polar surface area (TPSA) is 64.0 Å². The normalized spacial score (nSPS) is 11.0. The van der Waals surface area contributed by atoms with E-state index in [-0.39, 0.29) is 18.4 Å². The zero-order valence-corrected chi connectivity index (χ0v) is 20.1. The van der Waals surface area contributed by atoms with Crippen molar-refractivity contribution >= 4 is 11.8 Å². The third kappa shape index (κ3) is 11.4. The molecule has 0 radical (unpaired) electrons. The number of ether oxygens (including phenoxy) is 2. The Balaban J connectivity index is 2.68. The van der Waals surface area contributed by atoms with Crippen LogP contribution in [0, 0.1) is 0 Å². The van der Waals surface area contributed by atoms with Gasteiger partial charge < -0.3 is 23.8 Å². The van der Waals surface area contributed by atoms with Crippen LogP contribution in [0.4, 0.5) is 0 Å². The van der Waals surface area contributed by atoms with Crippen molar-refractivity contribution in [1.82, 2.24) is 14.4 Å². The van der Waals surface area contributed by atoms with E-state index >= 15 is 0 Å². The van der Waals surface area contributed by atoms with Gasteiger partial charge in [-0.3, -0.25) is 9.59 Å². The number of hydrogen-bond donors (Lipinski definition) is 0. The number of nitrogens with zero attached hydrogens (tertiary/aromatic N) is 3. The molecular formula is C24H43N3O4. The molecule has 1 rings (SSSR count). The summed E-state index contributed by atoms with van der Waals surface area (Å²) in [6, 6.07) is 3.97. The van der Waals surface area contributed by atoms with E-state index in [9.17, 15) is 9.59 Å². The van der Waals surface area contributed by atoms with Crippen LogP contribution >= 0.6 is 0 Å². The smallest absolute Gasteiger partial charge is 0.242 e. The van der Waals surface area contributed by atoms with E-state index in [4.69, 9.17) is 9.47 Å². The molecule has 0 aliphatic carbocycles. The molecule has 0 bridgehead atoms. The Kier molecular flexibility index (Phi) is 14.7. The predicted octanol–water partition coefficient (Wildman–Crippen LogP) is 3.62. The third-order valence-corrected chi connectivity index (χ3v) is 5.52. The number of aromatic nitrogens is 1. The molecule has 0 atom stereocenters. The maximum atomic E-state index is 13.1. The molecule has 0 aromatic carbocycles. The summed E-state index contributed by atoms with van der Waals surface area (Å²) in [7, 11) is 5.25. The summed E-state index contributed by atoms with van der Waals surface area (Å²) in [6.45, 7) is 4.88. The molecule has 1 heterocycles. The number of hydrogen-bond acceptors (Lipinski definition) is 4. The van der Waals surface area contributed by atoms with Gasteiger partial charge in [0.05, 0.1) is 19.7 Å². The monoisotopic (exact) mass is 437 g/mol. The maximum Gasteiger partial charge on any atom is 0.242 e. The van der Waals surface area contributed by atoms with Crippen molar-refractivity contribution in [1.29, 1.82) is 0 Å². The average Bonchev–Trinajstić information content (AvgIpc) is 3.17. The van der Waals surface area contributed by atoms with Gasteiger partial charge in [0.1, 0.15) is 0 Å². The van der Waals surface area contributed by atoms with E-state index in [0.29, 0.717) is 39.3 Å². The largest absolute Gasteiger partial charge is 0.385 e. The van der Waals surface area contributed by atoms with Crippen LogP contribution in [0.5, 0.6) is 0 Å². The molecule has 0 aliphatic heterocycles. The van der Waals surface area contributed by atoms with Crippen molar-refractivity contribution < 1.29 is 19.1 Å². The van der Waals surface area contributed by atoms with Crippen LogP contribution in [-0.4, -0.2) is 73.2 Å². The molecule has 0 fully saturated rings. The second-order valence-corrected chi connectivity index (χ2v) is 8.10. The summed E-state index contributed by atoms with van der Waals surface area (Å²) >= 11 is 0. The second-order valence-electron chi connectivity index (χ2n) is 8.10. The summed E-state index contributed by atoms with van der Waals surface area (Å²) in [6.07, 6.45) is 10.0. The van der Waals surface area contributed by atoms with Gasteiger partial charge >= 0.3 is 0 Å². The number of carbonyl (C=O) groups is 2. The lowest BCUT2D eigenvalue weighted by Gasteiger charge is -2.28. The zero-order valence-electron chi connectivity index (χ0n) is 20.1. The van der Waals surface area contributed by atoms with Crippen LogP contribution in [0.15, 0.2) is 18.3 Å². The van der Waals surface area contributed by atoms with Crippen molar-refractivity contribution in [3.8, 4) is 0 Å². The molecule has 178 valence electrons. The first kappa shape index (κ1) is 27.2. The number of carbonyl (C=O) groups excluding carboxylic acids is 2. The number of unbranched alkanes of at least 4 members (excludes halogenated alkanes) is 5. The Hall–Kier alpha value is -1.86. The molecular weight excluding hydrogens is 394 g/mol. The minimum absolute atomic E-state index is 0.0491. The average molecular weight is 438 g/mol. The van der Waals surface area contributed by atoms with Crippen LogP contribution in [0.1, 0.15) is 64.0 Å². The first-order chi connectivity index (χ1) is 15.0. The van der Waals surface area contributed by atoms with E-state index in [1.54, 1.807) is 24.0 Å². The fourth-order valence-corrected chi connectivity index (χ4v) is 3.52. The van der Waals surface area contributed by atoms with Crippen molar-refractivity contribution in [3.63, 3.8) is 0 Å². The first-order valence-electron chi connectivity index (χ1n) is 11.7. The van der Waals surface area contributed by atoms with Gasteiger partial charge in [-0.15, -0.1) is 0 Å². The molecule has 0 N–H and O–H groups in total. The van der Waals surface area contributed by atoms with Gasteiger partial charge in [0.15, 0.2) is 0 Å². The minimum atomic E-state index is -0.0491. The highest BCUT2D eigenvalue weighted by molar-refractivity contribution is 5.84. The molecule has 0 spiro atoms. The quantitative estimate of drug-likeness (QED) is 0.329. The maximum absolute atomic E-state index is 13.1. The van der Waals surface area contributed by atoms with Crippen molar-refractivity contribution in [3.05, 3.63) is 24.0 Å². The van der Waals surface area contributed by atoms with E-state index in [0.717, 1.165) is 25.0 Å². The van der Waals surface area contributed by atoms with Crippen LogP contribution in [-0.2, 0) is 32.7 Å². The molecule has 0 aliphatic rings. The van der Waals surface area contributed by atoms with E-state index < -0.39 is 0 Å². The van der Waals surface area contributed by atoms with Gasteiger partial charge in [-0.25, -0.2) is 0 Å². The first-order valence-corrected chi connectivity index (χ1v) is 11.7. The Morgan fingerprint density at radius 2 is 1.61 bits per heavy atom. The lowest BCUT2D eigenvalue weighted by atomic mass is 10.1. The van der Waals surface area contributed by atoms with E-state index in [2.05, 4.69) is 6.92 Å². The van der Waals surface area contributed by atoms with Crippen molar-refractivity contribution in [2.75, 3.05) is 47.1 Å². The van der Waals surface area contributed by atoms with E-state index in [1.807, 2.05) is 29.9 Å². The second kappa shape index (κ2) is 16.8. The van der Waals surface area contributed by atoms with Gasteiger partial charge in [-0.2, -0.15) is 0 Å². The van der Waals surface area contributed by atoms with Gasteiger partial charge in [-0.1, -0.05) is 39.0 Å². The van der Waals surface area contributed by atoms with Gasteiger partial charge in [0, 0.05) is 59.3 Å². The Morgan fingerprint density at radius 3 is 2.26 bits per heavy atom. The SMILES string of the molecule is CCCCCCCCC(=O)N(CCCOC)CC(=O)N(CCOC)Cc1cccn1C. The summed E-state index contributed by atoms with van der Waals surface area (Å²) in [4.78, 5) is 29.5. The number of rotatable bonds is 18. The highest BCUT2D eigenvalue weighted by atomic mass is 16.5. The van der Waals surface area contributed by atoms with Gasteiger partial charge in [0.2, 0.25) is 11.8 Å². The predicted molar refractivity (Wildman–Crippen MR) is 124 cm³/mol. The minimum Gasteiger partial charge on any atom is -0.385 e. The molecule has 7 nitrogen and oxygen atoms in total. The van der Waals surface area contributed by atoms with Crippen LogP contribution in [0.2, 0.25) is 0 Å². The Labute approximate surface area is 188 Å². The molecule has 0 saturated heterocycles. The fourth-order valence-electron chi connectivity index (χ4n) is 3.52. The summed E-state index contributed by atoms with van der Waals surface area (Å²) in [5, 5.41) is 0. The number of amides is 2.